The fourth-order valence-electron chi connectivity index (χ4n) is 2.74. The molecule has 2 heteroatoms. The Labute approximate surface area is 143 Å². The molecule has 0 saturated carbocycles. The molecule has 0 aliphatic carbocycles. The molecule has 0 aliphatic rings. The average Bonchev–Trinajstić information content (AvgIpc) is 2.67. The van der Waals surface area contributed by atoms with Gasteiger partial charge in [0.15, 0.2) is 0 Å². The van der Waals surface area contributed by atoms with E-state index in [1.165, 1.54) is 11.1 Å². The Bertz CT molecular complexity index is 721. The standard InChI is InChI=1S/C22H22O2/c23-17-19-11-14-21(15-12-19)24-22(20-9-5-2-6-10-20)16-13-18-7-3-1-4-8-18/h1-12,14-15,22-23H,13,16-17H2. The van der Waals surface area contributed by atoms with Gasteiger partial charge in [-0.15, -0.1) is 0 Å². The number of aryl methyl sites for hydroxylation is 1. The number of aliphatic hydroxyl groups is 1. The van der Waals surface area contributed by atoms with Crippen molar-refractivity contribution in [2.45, 2.75) is 25.6 Å². The number of rotatable bonds is 7. The number of aliphatic hydroxyl groups excluding tert-OH is 1. The van der Waals surface area contributed by atoms with Crippen LogP contribution in [0.15, 0.2) is 84.9 Å². The van der Waals surface area contributed by atoms with Crippen molar-refractivity contribution in [1.29, 1.82) is 0 Å². The molecule has 0 saturated heterocycles. The zero-order valence-electron chi connectivity index (χ0n) is 13.6. The smallest absolute Gasteiger partial charge is 0.124 e. The van der Waals surface area contributed by atoms with E-state index in [4.69, 9.17) is 9.84 Å². The molecule has 0 heterocycles. The monoisotopic (exact) mass is 318 g/mol. The van der Waals surface area contributed by atoms with E-state index in [9.17, 15) is 0 Å². The average molecular weight is 318 g/mol. The molecule has 3 aromatic rings. The van der Waals surface area contributed by atoms with E-state index in [2.05, 4.69) is 36.4 Å². The van der Waals surface area contributed by atoms with Crippen LogP contribution in [-0.4, -0.2) is 5.11 Å². The Balaban J connectivity index is 1.74. The third kappa shape index (κ3) is 4.46. The molecule has 0 bridgehead atoms. The van der Waals surface area contributed by atoms with Crippen molar-refractivity contribution in [3.8, 4) is 5.75 Å². The fourth-order valence-corrected chi connectivity index (χ4v) is 2.74. The fraction of sp³-hybridized carbons (Fsp3) is 0.182. The van der Waals surface area contributed by atoms with Crippen LogP contribution in [0.25, 0.3) is 0 Å². The van der Waals surface area contributed by atoms with Crippen molar-refractivity contribution in [3.63, 3.8) is 0 Å². The van der Waals surface area contributed by atoms with Gasteiger partial charge in [-0.1, -0.05) is 72.8 Å². The summed E-state index contributed by atoms with van der Waals surface area (Å²) in [5.41, 5.74) is 3.39. The molecule has 3 aromatic carbocycles. The molecule has 0 aliphatic heterocycles. The van der Waals surface area contributed by atoms with Crippen molar-refractivity contribution in [2.75, 3.05) is 0 Å². The predicted octanol–water partition coefficient (Wildman–Crippen LogP) is 4.93. The summed E-state index contributed by atoms with van der Waals surface area (Å²) in [5.74, 6) is 0.828. The maximum atomic E-state index is 9.16. The van der Waals surface area contributed by atoms with Crippen LogP contribution in [0.1, 0.15) is 29.2 Å². The molecule has 0 aromatic heterocycles. The lowest BCUT2D eigenvalue weighted by molar-refractivity contribution is 0.195. The summed E-state index contributed by atoms with van der Waals surface area (Å²) in [4.78, 5) is 0. The first-order chi connectivity index (χ1) is 11.8. The normalized spacial score (nSPS) is 11.9. The topological polar surface area (TPSA) is 29.5 Å². The van der Waals surface area contributed by atoms with Gasteiger partial charge in [0, 0.05) is 0 Å². The maximum Gasteiger partial charge on any atom is 0.124 e. The van der Waals surface area contributed by atoms with Crippen LogP contribution >= 0.6 is 0 Å². The van der Waals surface area contributed by atoms with Crippen LogP contribution in [0.5, 0.6) is 5.75 Å². The van der Waals surface area contributed by atoms with Gasteiger partial charge in [-0.3, -0.25) is 0 Å². The number of hydrogen-bond donors (Lipinski definition) is 1. The largest absolute Gasteiger partial charge is 0.486 e. The number of hydrogen-bond acceptors (Lipinski definition) is 2. The van der Waals surface area contributed by atoms with E-state index in [0.29, 0.717) is 0 Å². The second-order valence-corrected chi connectivity index (χ2v) is 5.84. The minimum atomic E-state index is 0.00591. The van der Waals surface area contributed by atoms with Gasteiger partial charge in [-0.05, 0) is 41.7 Å². The Morgan fingerprint density at radius 1 is 0.708 bits per heavy atom. The lowest BCUT2D eigenvalue weighted by atomic mass is 10.0. The molecule has 0 radical (unpaired) electrons. The van der Waals surface area contributed by atoms with Gasteiger partial charge in [0.05, 0.1) is 6.61 Å². The van der Waals surface area contributed by atoms with E-state index in [1.54, 1.807) is 0 Å². The zero-order chi connectivity index (χ0) is 16.6. The van der Waals surface area contributed by atoms with Gasteiger partial charge in [-0.2, -0.15) is 0 Å². The highest BCUT2D eigenvalue weighted by molar-refractivity contribution is 5.28. The Kier molecular flexibility index (Phi) is 5.65. The summed E-state index contributed by atoms with van der Waals surface area (Å²) >= 11 is 0. The molecular formula is C22H22O2. The second-order valence-electron chi connectivity index (χ2n) is 5.84. The zero-order valence-corrected chi connectivity index (χ0v) is 13.6. The summed E-state index contributed by atoms with van der Waals surface area (Å²) in [6, 6.07) is 28.4. The number of benzene rings is 3. The quantitative estimate of drug-likeness (QED) is 0.669. The predicted molar refractivity (Wildman–Crippen MR) is 96.9 cm³/mol. The summed E-state index contributed by atoms with van der Waals surface area (Å²) in [5, 5.41) is 9.16. The van der Waals surface area contributed by atoms with Crippen molar-refractivity contribution in [3.05, 3.63) is 102 Å². The molecule has 2 nitrogen and oxygen atoms in total. The molecular weight excluding hydrogens is 296 g/mol. The van der Waals surface area contributed by atoms with Crippen molar-refractivity contribution in [1.82, 2.24) is 0 Å². The lowest BCUT2D eigenvalue weighted by Crippen LogP contribution is -2.09. The summed E-state index contributed by atoms with van der Waals surface area (Å²) in [6.07, 6.45) is 1.89. The minimum absolute atomic E-state index is 0.00591. The third-order valence-electron chi connectivity index (χ3n) is 4.09. The molecule has 1 N–H and O–H groups in total. The Morgan fingerprint density at radius 3 is 1.96 bits per heavy atom. The van der Waals surface area contributed by atoms with Crippen molar-refractivity contribution < 1.29 is 9.84 Å². The maximum absolute atomic E-state index is 9.16. The van der Waals surface area contributed by atoms with E-state index < -0.39 is 0 Å². The molecule has 3 rings (SSSR count). The minimum Gasteiger partial charge on any atom is -0.486 e. The van der Waals surface area contributed by atoms with Crippen LogP contribution in [0.4, 0.5) is 0 Å². The van der Waals surface area contributed by atoms with Crippen LogP contribution in [0.3, 0.4) is 0 Å². The molecule has 24 heavy (non-hydrogen) atoms. The molecule has 0 amide bonds. The summed E-state index contributed by atoms with van der Waals surface area (Å²) in [6.45, 7) is 0.0520. The molecule has 1 unspecified atom stereocenters. The van der Waals surface area contributed by atoms with Crippen LogP contribution in [0.2, 0.25) is 0 Å². The Morgan fingerprint density at radius 2 is 1.33 bits per heavy atom. The van der Waals surface area contributed by atoms with Crippen LogP contribution in [0, 0.1) is 0 Å². The molecule has 0 spiro atoms. The van der Waals surface area contributed by atoms with Crippen molar-refractivity contribution >= 4 is 0 Å². The van der Waals surface area contributed by atoms with Crippen molar-refractivity contribution in [2.24, 2.45) is 0 Å². The first kappa shape index (κ1) is 16.3. The third-order valence-corrected chi connectivity index (χ3v) is 4.09. The number of ether oxygens (including phenoxy) is 1. The van der Waals surface area contributed by atoms with Gasteiger partial charge in [-0.25, -0.2) is 0 Å². The lowest BCUT2D eigenvalue weighted by Gasteiger charge is -2.20. The van der Waals surface area contributed by atoms with E-state index >= 15 is 0 Å². The molecule has 1 atom stereocenters. The van der Waals surface area contributed by atoms with Gasteiger partial charge in [0.25, 0.3) is 0 Å². The SMILES string of the molecule is OCc1ccc(OC(CCc2ccccc2)c2ccccc2)cc1. The highest BCUT2D eigenvalue weighted by atomic mass is 16.5. The van der Waals surface area contributed by atoms with E-state index in [-0.39, 0.29) is 12.7 Å². The first-order valence-corrected chi connectivity index (χ1v) is 8.30. The van der Waals surface area contributed by atoms with E-state index in [0.717, 1.165) is 24.2 Å². The van der Waals surface area contributed by atoms with Gasteiger partial charge in [0.1, 0.15) is 11.9 Å². The highest BCUT2D eigenvalue weighted by Gasteiger charge is 2.13. The van der Waals surface area contributed by atoms with Crippen LogP contribution < -0.4 is 4.74 Å². The Hall–Kier alpha value is -2.58. The summed E-state index contributed by atoms with van der Waals surface area (Å²) in [7, 11) is 0. The van der Waals surface area contributed by atoms with Gasteiger partial charge in [0.2, 0.25) is 0 Å². The van der Waals surface area contributed by atoms with Gasteiger partial charge < -0.3 is 9.84 Å². The second kappa shape index (κ2) is 8.32. The summed E-state index contributed by atoms with van der Waals surface area (Å²) < 4.78 is 6.24. The molecule has 122 valence electrons. The highest BCUT2D eigenvalue weighted by Crippen LogP contribution is 2.26. The van der Waals surface area contributed by atoms with Crippen LogP contribution in [-0.2, 0) is 13.0 Å². The van der Waals surface area contributed by atoms with Gasteiger partial charge >= 0.3 is 0 Å². The first-order valence-electron chi connectivity index (χ1n) is 8.30. The van der Waals surface area contributed by atoms with E-state index in [1.807, 2.05) is 48.5 Å². The molecule has 0 fully saturated rings.